The van der Waals surface area contributed by atoms with Crippen molar-refractivity contribution in [2.75, 3.05) is 33.3 Å². The van der Waals surface area contributed by atoms with Gasteiger partial charge in [-0.25, -0.2) is 0 Å². The second-order valence-electron chi connectivity index (χ2n) is 5.83. The minimum Gasteiger partial charge on any atom is -0.497 e. The third-order valence-electron chi connectivity index (χ3n) is 4.49. The third-order valence-corrected chi connectivity index (χ3v) is 4.49. The first-order valence-corrected chi connectivity index (χ1v) is 7.72. The minimum atomic E-state index is -0.0131. The van der Waals surface area contributed by atoms with Gasteiger partial charge in [-0.1, -0.05) is 0 Å². The summed E-state index contributed by atoms with van der Waals surface area (Å²) in [6.45, 7) is 5.82. The smallest absolute Gasteiger partial charge is 0.270 e. The summed E-state index contributed by atoms with van der Waals surface area (Å²) in [6.07, 6.45) is 0. The van der Waals surface area contributed by atoms with Crippen molar-refractivity contribution >= 4 is 22.7 Å². The molecule has 0 atom stereocenters. The van der Waals surface area contributed by atoms with Gasteiger partial charge >= 0.3 is 0 Å². The Kier molecular flexibility index (Phi) is 3.98. The predicted octanol–water partition coefficient (Wildman–Crippen LogP) is 1.79. The number of nitrogens with one attached hydrogen (secondary N) is 1. The molecule has 1 saturated heterocycles. The maximum absolute atomic E-state index is 12.8. The Morgan fingerprint density at radius 1 is 1.13 bits per heavy atom. The van der Waals surface area contributed by atoms with E-state index in [1.807, 2.05) is 25.1 Å². The van der Waals surface area contributed by atoms with Crippen LogP contribution in [-0.2, 0) is 4.79 Å². The van der Waals surface area contributed by atoms with Gasteiger partial charge in [-0.2, -0.15) is 0 Å². The lowest BCUT2D eigenvalue weighted by molar-refractivity contribution is -0.130. The first-order valence-electron chi connectivity index (χ1n) is 7.72. The lowest BCUT2D eigenvalue weighted by Crippen LogP contribution is -2.50. The fraction of sp³-hybridized carbons (Fsp3) is 0.412. The van der Waals surface area contributed by atoms with E-state index >= 15 is 0 Å². The number of H-pyrrole nitrogens is 1. The lowest BCUT2D eigenvalue weighted by atomic mass is 10.1. The van der Waals surface area contributed by atoms with Crippen LogP contribution in [0.3, 0.4) is 0 Å². The number of aromatic amines is 1. The number of fused-ring (bicyclic) bond motifs is 1. The van der Waals surface area contributed by atoms with Crippen LogP contribution in [-0.4, -0.2) is 59.9 Å². The van der Waals surface area contributed by atoms with Gasteiger partial charge in [0.2, 0.25) is 5.91 Å². The van der Waals surface area contributed by atoms with Crippen LogP contribution in [0, 0.1) is 6.92 Å². The molecule has 6 heteroatoms. The summed E-state index contributed by atoms with van der Waals surface area (Å²) in [5.41, 5.74) is 2.47. The molecule has 3 rings (SSSR count). The van der Waals surface area contributed by atoms with Crippen molar-refractivity contribution in [3.63, 3.8) is 0 Å². The van der Waals surface area contributed by atoms with E-state index in [1.54, 1.807) is 23.8 Å². The molecule has 2 aromatic rings. The van der Waals surface area contributed by atoms with Crippen molar-refractivity contribution < 1.29 is 14.3 Å². The monoisotopic (exact) mass is 315 g/mol. The number of ether oxygens (including phenoxy) is 1. The van der Waals surface area contributed by atoms with Crippen LogP contribution in [0.1, 0.15) is 23.0 Å². The summed E-state index contributed by atoms with van der Waals surface area (Å²) in [7, 11) is 1.63. The molecule has 0 unspecified atom stereocenters. The van der Waals surface area contributed by atoms with Crippen molar-refractivity contribution in [1.82, 2.24) is 14.8 Å². The highest BCUT2D eigenvalue weighted by atomic mass is 16.5. The number of nitrogens with zero attached hydrogens (tertiary/aromatic N) is 2. The predicted molar refractivity (Wildman–Crippen MR) is 87.7 cm³/mol. The Labute approximate surface area is 135 Å². The molecule has 23 heavy (non-hydrogen) atoms. The summed E-state index contributed by atoms with van der Waals surface area (Å²) in [5.74, 6) is 0.820. The van der Waals surface area contributed by atoms with E-state index in [-0.39, 0.29) is 11.8 Å². The molecule has 0 bridgehead atoms. The summed E-state index contributed by atoms with van der Waals surface area (Å²) in [5, 5.41) is 0.995. The number of carbonyl (C=O) groups is 2. The standard InChI is InChI=1S/C17H21N3O3/c1-11-14-10-13(23-3)4-5-15(14)18-16(11)17(22)20-8-6-19(7-9-20)12(2)21/h4-5,10,18H,6-9H2,1-3H3. The highest BCUT2D eigenvalue weighted by Gasteiger charge is 2.25. The van der Waals surface area contributed by atoms with Gasteiger partial charge < -0.3 is 19.5 Å². The normalized spacial score (nSPS) is 15.1. The number of amides is 2. The maximum Gasteiger partial charge on any atom is 0.270 e. The summed E-state index contributed by atoms with van der Waals surface area (Å²) in [6, 6.07) is 5.73. The molecular weight excluding hydrogens is 294 g/mol. The molecule has 0 spiro atoms. The number of methoxy groups -OCH3 is 1. The van der Waals surface area contributed by atoms with Crippen molar-refractivity contribution in [2.24, 2.45) is 0 Å². The Hall–Kier alpha value is -2.50. The SMILES string of the molecule is COc1ccc2[nH]c(C(=O)N3CCN(C(C)=O)CC3)c(C)c2c1. The van der Waals surface area contributed by atoms with E-state index in [1.165, 1.54) is 0 Å². The first kappa shape index (κ1) is 15.4. The second-order valence-corrected chi connectivity index (χ2v) is 5.83. The zero-order valence-electron chi connectivity index (χ0n) is 13.7. The van der Waals surface area contributed by atoms with Crippen LogP contribution in [0.5, 0.6) is 5.75 Å². The number of benzene rings is 1. The number of piperazine rings is 1. The molecule has 0 radical (unpaired) electrons. The Balaban J connectivity index is 1.84. The molecule has 1 aromatic heterocycles. The van der Waals surface area contributed by atoms with Gasteiger partial charge in [0.05, 0.1) is 7.11 Å². The number of rotatable bonds is 2. The van der Waals surface area contributed by atoms with Crippen molar-refractivity contribution in [3.05, 3.63) is 29.5 Å². The van der Waals surface area contributed by atoms with Gasteiger partial charge in [0, 0.05) is 44.0 Å². The molecular formula is C17H21N3O3. The van der Waals surface area contributed by atoms with E-state index in [0.717, 1.165) is 22.2 Å². The topological polar surface area (TPSA) is 65.6 Å². The van der Waals surface area contributed by atoms with E-state index < -0.39 is 0 Å². The van der Waals surface area contributed by atoms with Crippen molar-refractivity contribution in [2.45, 2.75) is 13.8 Å². The Morgan fingerprint density at radius 3 is 2.39 bits per heavy atom. The molecule has 6 nitrogen and oxygen atoms in total. The molecule has 1 aromatic carbocycles. The van der Waals surface area contributed by atoms with E-state index in [2.05, 4.69) is 4.98 Å². The number of carbonyl (C=O) groups excluding carboxylic acids is 2. The van der Waals surface area contributed by atoms with Gasteiger partial charge in [-0.05, 0) is 30.7 Å². The summed E-state index contributed by atoms with van der Waals surface area (Å²) < 4.78 is 5.25. The van der Waals surface area contributed by atoms with E-state index in [4.69, 9.17) is 4.74 Å². The van der Waals surface area contributed by atoms with Gasteiger partial charge in [0.1, 0.15) is 11.4 Å². The van der Waals surface area contributed by atoms with Crippen molar-refractivity contribution in [3.8, 4) is 5.75 Å². The summed E-state index contributed by atoms with van der Waals surface area (Å²) in [4.78, 5) is 31.0. The highest BCUT2D eigenvalue weighted by molar-refractivity contribution is 6.01. The molecule has 2 amide bonds. The molecule has 1 fully saturated rings. The van der Waals surface area contributed by atoms with Crippen LogP contribution < -0.4 is 4.74 Å². The summed E-state index contributed by atoms with van der Waals surface area (Å²) >= 11 is 0. The number of aromatic nitrogens is 1. The molecule has 1 aliphatic rings. The van der Waals surface area contributed by atoms with Crippen LogP contribution in [0.25, 0.3) is 10.9 Å². The van der Waals surface area contributed by atoms with Gasteiger partial charge in [-0.15, -0.1) is 0 Å². The van der Waals surface area contributed by atoms with Gasteiger partial charge in [0.25, 0.3) is 5.91 Å². The third kappa shape index (κ3) is 2.76. The lowest BCUT2D eigenvalue weighted by Gasteiger charge is -2.34. The molecule has 1 aliphatic heterocycles. The quantitative estimate of drug-likeness (QED) is 0.919. The average Bonchev–Trinajstić information content (AvgIpc) is 2.90. The molecule has 1 N–H and O–H groups in total. The average molecular weight is 315 g/mol. The molecule has 0 aliphatic carbocycles. The van der Waals surface area contributed by atoms with Crippen LogP contribution in [0.15, 0.2) is 18.2 Å². The van der Waals surface area contributed by atoms with Crippen molar-refractivity contribution in [1.29, 1.82) is 0 Å². The molecule has 2 heterocycles. The highest BCUT2D eigenvalue weighted by Crippen LogP contribution is 2.26. The largest absolute Gasteiger partial charge is 0.497 e. The Morgan fingerprint density at radius 2 is 1.78 bits per heavy atom. The van der Waals surface area contributed by atoms with Gasteiger partial charge in [0.15, 0.2) is 0 Å². The fourth-order valence-corrected chi connectivity index (χ4v) is 3.03. The van der Waals surface area contributed by atoms with Crippen LogP contribution >= 0.6 is 0 Å². The van der Waals surface area contributed by atoms with E-state index in [0.29, 0.717) is 31.9 Å². The first-order chi connectivity index (χ1) is 11.0. The van der Waals surface area contributed by atoms with Gasteiger partial charge in [-0.3, -0.25) is 9.59 Å². The maximum atomic E-state index is 12.8. The fourth-order valence-electron chi connectivity index (χ4n) is 3.03. The van der Waals surface area contributed by atoms with Crippen LogP contribution in [0.4, 0.5) is 0 Å². The minimum absolute atomic E-state index is 0.0131. The van der Waals surface area contributed by atoms with E-state index in [9.17, 15) is 9.59 Å². The number of hydrogen-bond acceptors (Lipinski definition) is 3. The number of hydrogen-bond donors (Lipinski definition) is 1. The molecule has 0 saturated carbocycles. The zero-order valence-corrected chi connectivity index (χ0v) is 13.7. The number of aryl methyl sites for hydroxylation is 1. The second kappa shape index (κ2) is 5.95. The zero-order chi connectivity index (χ0) is 16.6. The van der Waals surface area contributed by atoms with Crippen LogP contribution in [0.2, 0.25) is 0 Å². The Bertz CT molecular complexity index is 758. The molecule has 122 valence electrons.